The highest BCUT2D eigenvalue weighted by molar-refractivity contribution is 5.46. The molecular weight excluding hydrogens is 171 g/mol. The number of halogens is 1. The van der Waals surface area contributed by atoms with Crippen molar-refractivity contribution in [3.05, 3.63) is 29.1 Å². The molecule has 13 heavy (non-hydrogen) atoms. The van der Waals surface area contributed by atoms with Gasteiger partial charge in [-0.3, -0.25) is 0 Å². The Morgan fingerprint density at radius 2 is 2.38 bits per heavy atom. The number of nitriles is 1. The summed E-state index contributed by atoms with van der Waals surface area (Å²) >= 11 is 0. The Balaban J connectivity index is 2.61. The first kappa shape index (κ1) is 8.02. The molecule has 1 aromatic rings. The van der Waals surface area contributed by atoms with Crippen molar-refractivity contribution in [2.75, 3.05) is 6.61 Å². The van der Waals surface area contributed by atoms with Crippen LogP contribution in [0.4, 0.5) is 4.39 Å². The normalized spacial score (nSPS) is 19.0. The summed E-state index contributed by atoms with van der Waals surface area (Å²) in [6.45, 7) is 0.279. The summed E-state index contributed by atoms with van der Waals surface area (Å²) in [6, 6.07) is 4.26. The maximum absolute atomic E-state index is 13.2. The zero-order chi connectivity index (χ0) is 9.42. The average Bonchev–Trinajstić information content (AvgIpc) is 2.48. The summed E-state index contributed by atoms with van der Waals surface area (Å²) in [7, 11) is 0. The molecule has 0 bridgehead atoms. The topological polar surface area (TPSA) is 59.0 Å². The van der Waals surface area contributed by atoms with E-state index in [0.717, 1.165) is 6.07 Å². The Bertz CT molecular complexity index is 397. The molecular formula is C9H7FN2O. The standard InChI is InChI=1S/C9H7FN2O/c10-7-2-5(3-11)1-6-8(12)4-13-9(6)7/h1-2,8H,4,12H2/t8-/m0/s1. The zero-order valence-electron chi connectivity index (χ0n) is 6.75. The fraction of sp³-hybridized carbons (Fsp3) is 0.222. The quantitative estimate of drug-likeness (QED) is 0.646. The molecule has 1 heterocycles. The van der Waals surface area contributed by atoms with Gasteiger partial charge < -0.3 is 10.5 Å². The van der Waals surface area contributed by atoms with Gasteiger partial charge >= 0.3 is 0 Å². The highest BCUT2D eigenvalue weighted by Gasteiger charge is 2.24. The smallest absolute Gasteiger partial charge is 0.166 e. The van der Waals surface area contributed by atoms with Crippen LogP contribution in [0.2, 0.25) is 0 Å². The lowest BCUT2D eigenvalue weighted by Crippen LogP contribution is -2.10. The van der Waals surface area contributed by atoms with Gasteiger partial charge in [0.15, 0.2) is 11.6 Å². The number of fused-ring (bicyclic) bond motifs is 1. The van der Waals surface area contributed by atoms with Crippen LogP contribution in [0.3, 0.4) is 0 Å². The average molecular weight is 178 g/mol. The molecule has 2 N–H and O–H groups in total. The summed E-state index contributed by atoms with van der Waals surface area (Å²) in [5, 5.41) is 8.58. The lowest BCUT2D eigenvalue weighted by Gasteiger charge is -2.01. The molecule has 0 saturated heterocycles. The minimum absolute atomic E-state index is 0.187. The molecule has 66 valence electrons. The number of nitrogens with two attached hydrogens (primary N) is 1. The molecule has 1 atom stereocenters. The Hall–Kier alpha value is -1.60. The van der Waals surface area contributed by atoms with Crippen LogP contribution in [0.25, 0.3) is 0 Å². The Morgan fingerprint density at radius 1 is 1.62 bits per heavy atom. The molecule has 1 aliphatic heterocycles. The number of hydrogen-bond donors (Lipinski definition) is 1. The molecule has 0 amide bonds. The van der Waals surface area contributed by atoms with Crippen molar-refractivity contribution in [2.24, 2.45) is 5.73 Å². The molecule has 1 aliphatic rings. The van der Waals surface area contributed by atoms with E-state index in [2.05, 4.69) is 0 Å². The Morgan fingerprint density at radius 3 is 3.08 bits per heavy atom. The van der Waals surface area contributed by atoms with E-state index in [1.54, 1.807) is 6.07 Å². The summed E-state index contributed by atoms with van der Waals surface area (Å²) in [4.78, 5) is 0. The van der Waals surface area contributed by atoms with Crippen LogP contribution in [-0.4, -0.2) is 6.61 Å². The fourth-order valence-corrected chi connectivity index (χ4v) is 1.37. The lowest BCUT2D eigenvalue weighted by atomic mass is 10.1. The predicted octanol–water partition coefficient (Wildman–Crippen LogP) is 1.09. The van der Waals surface area contributed by atoms with E-state index in [1.807, 2.05) is 6.07 Å². The number of rotatable bonds is 0. The SMILES string of the molecule is N#Cc1cc(F)c2c(c1)[C@@H](N)CO2. The first-order chi connectivity index (χ1) is 6.22. The van der Waals surface area contributed by atoms with Crippen molar-refractivity contribution in [1.82, 2.24) is 0 Å². The van der Waals surface area contributed by atoms with Crippen molar-refractivity contribution in [3.8, 4) is 11.8 Å². The molecule has 4 heteroatoms. The van der Waals surface area contributed by atoms with Gasteiger partial charge in [0.25, 0.3) is 0 Å². The third-order valence-electron chi connectivity index (χ3n) is 2.01. The molecule has 0 aromatic heterocycles. The Labute approximate surface area is 74.5 Å². The van der Waals surface area contributed by atoms with Crippen LogP contribution in [0.5, 0.6) is 5.75 Å². The summed E-state index contributed by atoms with van der Waals surface area (Å²) in [5.41, 5.74) is 6.49. The molecule has 0 radical (unpaired) electrons. The van der Waals surface area contributed by atoms with Gasteiger partial charge in [0.2, 0.25) is 0 Å². The fourth-order valence-electron chi connectivity index (χ4n) is 1.37. The van der Waals surface area contributed by atoms with Gasteiger partial charge in [-0.1, -0.05) is 0 Å². The van der Waals surface area contributed by atoms with Crippen LogP contribution in [-0.2, 0) is 0 Å². The zero-order valence-corrected chi connectivity index (χ0v) is 6.75. The van der Waals surface area contributed by atoms with Gasteiger partial charge in [-0.15, -0.1) is 0 Å². The first-order valence-corrected chi connectivity index (χ1v) is 3.84. The molecule has 2 rings (SSSR count). The van der Waals surface area contributed by atoms with Crippen LogP contribution >= 0.6 is 0 Å². The van der Waals surface area contributed by atoms with Gasteiger partial charge in [0.05, 0.1) is 17.7 Å². The van der Waals surface area contributed by atoms with Gasteiger partial charge in [-0.25, -0.2) is 4.39 Å². The van der Waals surface area contributed by atoms with Crippen molar-refractivity contribution in [1.29, 1.82) is 5.26 Å². The van der Waals surface area contributed by atoms with E-state index in [1.165, 1.54) is 0 Å². The van der Waals surface area contributed by atoms with Crippen LogP contribution in [0, 0.1) is 17.1 Å². The largest absolute Gasteiger partial charge is 0.488 e. The van der Waals surface area contributed by atoms with Crippen LogP contribution in [0.1, 0.15) is 17.2 Å². The summed E-state index contributed by atoms with van der Waals surface area (Å²) < 4.78 is 18.2. The first-order valence-electron chi connectivity index (χ1n) is 3.84. The second-order valence-electron chi connectivity index (χ2n) is 2.91. The minimum atomic E-state index is -0.512. The van der Waals surface area contributed by atoms with E-state index in [4.69, 9.17) is 15.7 Å². The molecule has 3 nitrogen and oxygen atoms in total. The van der Waals surface area contributed by atoms with E-state index < -0.39 is 5.82 Å². The van der Waals surface area contributed by atoms with Gasteiger partial charge in [-0.2, -0.15) is 5.26 Å². The number of ether oxygens (including phenoxy) is 1. The minimum Gasteiger partial charge on any atom is -0.488 e. The van der Waals surface area contributed by atoms with Gasteiger partial charge in [0, 0.05) is 5.56 Å². The Kier molecular flexibility index (Phi) is 1.67. The van der Waals surface area contributed by atoms with E-state index >= 15 is 0 Å². The van der Waals surface area contributed by atoms with Gasteiger partial charge in [0.1, 0.15) is 6.61 Å². The molecule has 1 aromatic carbocycles. The highest BCUT2D eigenvalue weighted by Crippen LogP contribution is 2.34. The molecule has 0 unspecified atom stereocenters. The van der Waals surface area contributed by atoms with Crippen molar-refractivity contribution < 1.29 is 9.13 Å². The maximum atomic E-state index is 13.2. The van der Waals surface area contributed by atoms with Crippen molar-refractivity contribution in [2.45, 2.75) is 6.04 Å². The molecule has 0 aliphatic carbocycles. The van der Waals surface area contributed by atoms with Gasteiger partial charge in [-0.05, 0) is 12.1 Å². The molecule has 0 saturated carbocycles. The summed E-state index contributed by atoms with van der Waals surface area (Å²) in [6.07, 6.45) is 0. The number of benzene rings is 1. The number of hydrogen-bond acceptors (Lipinski definition) is 3. The maximum Gasteiger partial charge on any atom is 0.166 e. The third kappa shape index (κ3) is 1.14. The summed E-state index contributed by atoms with van der Waals surface area (Å²) in [5.74, 6) is -0.325. The molecule has 0 spiro atoms. The highest BCUT2D eigenvalue weighted by atomic mass is 19.1. The van der Waals surface area contributed by atoms with Crippen LogP contribution < -0.4 is 10.5 Å². The monoisotopic (exact) mass is 178 g/mol. The van der Waals surface area contributed by atoms with E-state index in [9.17, 15) is 4.39 Å². The lowest BCUT2D eigenvalue weighted by molar-refractivity contribution is 0.319. The predicted molar refractivity (Wildman–Crippen MR) is 43.5 cm³/mol. The number of nitrogens with zero attached hydrogens (tertiary/aromatic N) is 1. The van der Waals surface area contributed by atoms with E-state index in [0.29, 0.717) is 5.56 Å². The second kappa shape index (κ2) is 2.71. The third-order valence-corrected chi connectivity index (χ3v) is 2.01. The molecule has 0 fully saturated rings. The second-order valence-corrected chi connectivity index (χ2v) is 2.91. The van der Waals surface area contributed by atoms with Crippen LogP contribution in [0.15, 0.2) is 12.1 Å². The van der Waals surface area contributed by atoms with E-state index in [-0.39, 0.29) is 24.0 Å². The van der Waals surface area contributed by atoms with Crippen molar-refractivity contribution in [3.63, 3.8) is 0 Å². The van der Waals surface area contributed by atoms with Crippen molar-refractivity contribution >= 4 is 0 Å².